The van der Waals surface area contributed by atoms with Gasteiger partial charge in [-0.1, -0.05) is 6.42 Å². The fourth-order valence-corrected chi connectivity index (χ4v) is 3.42. The van der Waals surface area contributed by atoms with E-state index in [1.54, 1.807) is 0 Å². The van der Waals surface area contributed by atoms with Crippen LogP contribution in [0.5, 0.6) is 0 Å². The second kappa shape index (κ2) is 5.80. The van der Waals surface area contributed by atoms with Gasteiger partial charge in [-0.05, 0) is 52.6 Å². The highest BCUT2D eigenvalue weighted by atomic mass is 16.2. The molecule has 2 rings (SSSR count). The van der Waals surface area contributed by atoms with E-state index in [0.29, 0.717) is 11.8 Å². The van der Waals surface area contributed by atoms with Crippen molar-refractivity contribution in [3.63, 3.8) is 0 Å². The number of amides is 1. The largest absolute Gasteiger partial charge is 0.339 e. The first-order valence-corrected chi connectivity index (χ1v) is 7.64. The summed E-state index contributed by atoms with van der Waals surface area (Å²) < 4.78 is 0. The number of hydrogen-bond donors (Lipinski definition) is 1. The van der Waals surface area contributed by atoms with E-state index < -0.39 is 0 Å². The molecule has 0 aromatic rings. The molecule has 2 aliphatic rings. The number of nitrogens with zero attached hydrogens (tertiary/aromatic N) is 2. The van der Waals surface area contributed by atoms with E-state index in [9.17, 15) is 4.79 Å². The molecule has 2 fully saturated rings. The van der Waals surface area contributed by atoms with Gasteiger partial charge in [-0.2, -0.15) is 0 Å². The van der Waals surface area contributed by atoms with Gasteiger partial charge in [-0.25, -0.2) is 0 Å². The zero-order valence-corrected chi connectivity index (χ0v) is 12.7. The Kier molecular flexibility index (Phi) is 4.51. The Morgan fingerprint density at radius 2 is 2.05 bits per heavy atom. The van der Waals surface area contributed by atoms with Gasteiger partial charge in [0.2, 0.25) is 5.91 Å². The average molecular weight is 267 g/mol. The van der Waals surface area contributed by atoms with Crippen molar-refractivity contribution in [2.45, 2.75) is 45.1 Å². The van der Waals surface area contributed by atoms with Gasteiger partial charge in [-0.15, -0.1) is 0 Å². The van der Waals surface area contributed by atoms with Crippen molar-refractivity contribution >= 4 is 5.91 Å². The Morgan fingerprint density at radius 3 is 2.68 bits per heavy atom. The first-order chi connectivity index (χ1) is 8.94. The standard InChI is InChI=1S/C15H29N3O/c1-15(2)11-18(8-7-17(15)3)14(19)13-6-4-5-12(9-13)10-16/h12-13H,4-11,16H2,1-3H3. The lowest BCUT2D eigenvalue weighted by molar-refractivity contribution is -0.141. The molecule has 4 nitrogen and oxygen atoms in total. The van der Waals surface area contributed by atoms with E-state index in [1.807, 2.05) is 0 Å². The van der Waals surface area contributed by atoms with Crippen LogP contribution in [0.4, 0.5) is 0 Å². The molecule has 1 saturated carbocycles. The predicted molar refractivity (Wildman–Crippen MR) is 77.8 cm³/mol. The van der Waals surface area contributed by atoms with Crippen LogP contribution in [0.2, 0.25) is 0 Å². The Balaban J connectivity index is 1.96. The van der Waals surface area contributed by atoms with E-state index in [-0.39, 0.29) is 11.5 Å². The van der Waals surface area contributed by atoms with Gasteiger partial charge in [0.05, 0.1) is 0 Å². The zero-order valence-electron chi connectivity index (χ0n) is 12.7. The molecule has 2 N–H and O–H groups in total. The third-order valence-corrected chi connectivity index (χ3v) is 5.09. The van der Waals surface area contributed by atoms with Crippen LogP contribution in [0, 0.1) is 11.8 Å². The molecule has 1 saturated heterocycles. The van der Waals surface area contributed by atoms with Crippen molar-refractivity contribution in [2.75, 3.05) is 33.2 Å². The fourth-order valence-electron chi connectivity index (χ4n) is 3.42. The summed E-state index contributed by atoms with van der Waals surface area (Å²) in [5.74, 6) is 1.16. The van der Waals surface area contributed by atoms with Crippen molar-refractivity contribution in [2.24, 2.45) is 17.6 Å². The van der Waals surface area contributed by atoms with Gasteiger partial charge in [-0.3, -0.25) is 9.69 Å². The quantitative estimate of drug-likeness (QED) is 0.820. The van der Waals surface area contributed by atoms with Gasteiger partial charge >= 0.3 is 0 Å². The average Bonchev–Trinajstić information content (AvgIpc) is 2.41. The molecule has 1 aliphatic carbocycles. The van der Waals surface area contributed by atoms with Crippen LogP contribution >= 0.6 is 0 Å². The third kappa shape index (κ3) is 3.29. The minimum Gasteiger partial charge on any atom is -0.339 e. The molecule has 0 aromatic carbocycles. The highest BCUT2D eigenvalue weighted by molar-refractivity contribution is 5.79. The van der Waals surface area contributed by atoms with Crippen LogP contribution in [0.1, 0.15) is 39.5 Å². The van der Waals surface area contributed by atoms with Crippen LogP contribution in [-0.4, -0.2) is 54.5 Å². The first kappa shape index (κ1) is 14.8. The molecule has 0 bridgehead atoms. The van der Waals surface area contributed by atoms with Crippen molar-refractivity contribution in [1.29, 1.82) is 0 Å². The van der Waals surface area contributed by atoms with Gasteiger partial charge in [0, 0.05) is 31.1 Å². The zero-order chi connectivity index (χ0) is 14.0. The maximum absolute atomic E-state index is 12.7. The smallest absolute Gasteiger partial charge is 0.225 e. The monoisotopic (exact) mass is 267 g/mol. The maximum atomic E-state index is 12.7. The molecule has 2 unspecified atom stereocenters. The SMILES string of the molecule is CN1CCN(C(=O)C2CCCC(CN)C2)CC1(C)C. The number of hydrogen-bond acceptors (Lipinski definition) is 3. The molecular weight excluding hydrogens is 238 g/mol. The summed E-state index contributed by atoms with van der Waals surface area (Å²) in [5.41, 5.74) is 5.87. The van der Waals surface area contributed by atoms with E-state index >= 15 is 0 Å². The minimum atomic E-state index is 0.0931. The van der Waals surface area contributed by atoms with Crippen molar-refractivity contribution < 1.29 is 4.79 Å². The normalized spacial score (nSPS) is 32.3. The molecule has 110 valence electrons. The molecular formula is C15H29N3O. The van der Waals surface area contributed by atoms with Gasteiger partial charge in [0.25, 0.3) is 0 Å². The summed E-state index contributed by atoms with van der Waals surface area (Å²) in [6, 6.07) is 0. The Bertz CT molecular complexity index is 329. The maximum Gasteiger partial charge on any atom is 0.225 e. The molecule has 2 atom stereocenters. The van der Waals surface area contributed by atoms with Crippen molar-refractivity contribution in [3.8, 4) is 0 Å². The highest BCUT2D eigenvalue weighted by Crippen LogP contribution is 2.31. The Hall–Kier alpha value is -0.610. The number of carbonyl (C=O) groups excluding carboxylic acids is 1. The summed E-state index contributed by atoms with van der Waals surface area (Å²) in [4.78, 5) is 17.1. The molecule has 0 aromatic heterocycles. The lowest BCUT2D eigenvalue weighted by Gasteiger charge is -2.46. The Morgan fingerprint density at radius 1 is 1.32 bits per heavy atom. The summed E-state index contributed by atoms with van der Waals surface area (Å²) in [6.45, 7) is 7.88. The van der Waals surface area contributed by atoms with Crippen molar-refractivity contribution in [1.82, 2.24) is 9.80 Å². The van der Waals surface area contributed by atoms with Crippen LogP contribution in [0.3, 0.4) is 0 Å². The van der Waals surface area contributed by atoms with Crippen LogP contribution in [0.25, 0.3) is 0 Å². The van der Waals surface area contributed by atoms with E-state index in [2.05, 4.69) is 30.7 Å². The lowest BCUT2D eigenvalue weighted by Crippen LogP contribution is -2.59. The number of rotatable bonds is 2. The summed E-state index contributed by atoms with van der Waals surface area (Å²) in [5, 5.41) is 0. The number of carbonyl (C=O) groups is 1. The molecule has 0 radical (unpaired) electrons. The van der Waals surface area contributed by atoms with E-state index in [4.69, 9.17) is 5.73 Å². The minimum absolute atomic E-state index is 0.0931. The van der Waals surface area contributed by atoms with Gasteiger partial charge < -0.3 is 10.6 Å². The lowest BCUT2D eigenvalue weighted by atomic mass is 9.80. The van der Waals surface area contributed by atoms with E-state index in [1.165, 1.54) is 6.42 Å². The number of likely N-dealkylation sites (N-methyl/N-ethyl adjacent to an activating group) is 1. The van der Waals surface area contributed by atoms with Gasteiger partial charge in [0.15, 0.2) is 0 Å². The molecule has 19 heavy (non-hydrogen) atoms. The topological polar surface area (TPSA) is 49.6 Å². The molecule has 1 aliphatic heterocycles. The predicted octanol–water partition coefficient (Wildman–Crippen LogP) is 1.30. The summed E-state index contributed by atoms with van der Waals surface area (Å²) in [6.07, 6.45) is 4.42. The van der Waals surface area contributed by atoms with Crippen LogP contribution in [0.15, 0.2) is 0 Å². The summed E-state index contributed by atoms with van der Waals surface area (Å²) in [7, 11) is 2.15. The molecule has 1 heterocycles. The number of piperazine rings is 1. The molecule has 0 spiro atoms. The second-order valence-corrected chi connectivity index (χ2v) is 6.96. The van der Waals surface area contributed by atoms with Gasteiger partial charge in [0.1, 0.15) is 0 Å². The van der Waals surface area contributed by atoms with Crippen LogP contribution in [-0.2, 0) is 4.79 Å². The highest BCUT2D eigenvalue weighted by Gasteiger charge is 2.36. The molecule has 4 heteroatoms. The fraction of sp³-hybridized carbons (Fsp3) is 0.933. The first-order valence-electron chi connectivity index (χ1n) is 7.64. The number of nitrogens with two attached hydrogens (primary N) is 1. The van der Waals surface area contributed by atoms with E-state index in [0.717, 1.165) is 45.4 Å². The Labute approximate surface area is 117 Å². The third-order valence-electron chi connectivity index (χ3n) is 5.09. The van der Waals surface area contributed by atoms with Crippen molar-refractivity contribution in [3.05, 3.63) is 0 Å². The molecule has 1 amide bonds. The second-order valence-electron chi connectivity index (χ2n) is 6.96. The summed E-state index contributed by atoms with van der Waals surface area (Å²) >= 11 is 0. The van der Waals surface area contributed by atoms with Crippen LogP contribution < -0.4 is 5.73 Å².